The highest BCUT2D eigenvalue weighted by Gasteiger charge is 2.34. The fourth-order valence-corrected chi connectivity index (χ4v) is 5.01. The van der Waals surface area contributed by atoms with Crippen molar-refractivity contribution >= 4 is 38.5 Å². The Bertz CT molecular complexity index is 1210. The maximum Gasteiger partial charge on any atom is 0.330 e. The SMILES string of the molecule is CC(C)(C)C(=O)ON1CC(c2ccc3c(c2)c(Cl)cn3S(=O)(=O)c2ccccc2)C1. The van der Waals surface area contributed by atoms with Gasteiger partial charge in [0, 0.05) is 30.6 Å². The monoisotopic (exact) mass is 446 g/mol. The van der Waals surface area contributed by atoms with Crippen molar-refractivity contribution in [2.75, 3.05) is 13.1 Å². The van der Waals surface area contributed by atoms with Crippen LogP contribution in [0.3, 0.4) is 0 Å². The average molecular weight is 447 g/mol. The van der Waals surface area contributed by atoms with Crippen LogP contribution < -0.4 is 0 Å². The molecule has 158 valence electrons. The minimum Gasteiger partial charge on any atom is -0.367 e. The third-order valence-electron chi connectivity index (χ3n) is 5.19. The van der Waals surface area contributed by atoms with Gasteiger partial charge in [0.2, 0.25) is 0 Å². The molecule has 1 saturated heterocycles. The first-order chi connectivity index (χ1) is 14.1. The predicted molar refractivity (Wildman–Crippen MR) is 116 cm³/mol. The van der Waals surface area contributed by atoms with E-state index < -0.39 is 15.4 Å². The maximum atomic E-state index is 13.0. The van der Waals surface area contributed by atoms with Crippen LogP contribution in [0, 0.1) is 5.41 Å². The molecule has 0 saturated carbocycles. The zero-order chi connectivity index (χ0) is 21.7. The molecule has 1 fully saturated rings. The van der Waals surface area contributed by atoms with Crippen LogP contribution >= 0.6 is 11.6 Å². The van der Waals surface area contributed by atoms with Crippen molar-refractivity contribution in [3.8, 4) is 0 Å². The molecular formula is C22H23ClN2O4S. The second kappa shape index (κ2) is 7.41. The second-order valence-electron chi connectivity index (χ2n) is 8.54. The predicted octanol–water partition coefficient (Wildman–Crippen LogP) is 4.44. The molecule has 0 radical (unpaired) electrons. The molecule has 0 atom stereocenters. The summed E-state index contributed by atoms with van der Waals surface area (Å²) in [5, 5.41) is 2.70. The van der Waals surface area contributed by atoms with Gasteiger partial charge in [-0.25, -0.2) is 17.2 Å². The number of carbonyl (C=O) groups excluding carboxylic acids is 1. The number of fused-ring (bicyclic) bond motifs is 1. The zero-order valence-corrected chi connectivity index (χ0v) is 18.6. The van der Waals surface area contributed by atoms with Crippen molar-refractivity contribution in [3.63, 3.8) is 0 Å². The van der Waals surface area contributed by atoms with E-state index in [0.717, 1.165) is 5.56 Å². The van der Waals surface area contributed by atoms with E-state index >= 15 is 0 Å². The van der Waals surface area contributed by atoms with Crippen LogP contribution in [0.1, 0.15) is 32.3 Å². The van der Waals surface area contributed by atoms with Crippen LogP contribution in [0.25, 0.3) is 10.9 Å². The minimum absolute atomic E-state index is 0.187. The maximum absolute atomic E-state index is 13.0. The first kappa shape index (κ1) is 20.9. The first-order valence-corrected chi connectivity index (χ1v) is 11.5. The van der Waals surface area contributed by atoms with Gasteiger partial charge in [0.1, 0.15) is 0 Å². The smallest absolute Gasteiger partial charge is 0.330 e. The zero-order valence-electron chi connectivity index (χ0n) is 17.0. The number of nitrogens with zero attached hydrogens (tertiary/aromatic N) is 2. The molecule has 0 spiro atoms. The number of rotatable bonds is 4. The molecule has 0 aliphatic carbocycles. The number of hydrogen-bond acceptors (Lipinski definition) is 5. The van der Waals surface area contributed by atoms with Crippen molar-refractivity contribution < 1.29 is 18.0 Å². The van der Waals surface area contributed by atoms with E-state index in [-0.39, 0.29) is 16.8 Å². The summed E-state index contributed by atoms with van der Waals surface area (Å²) >= 11 is 6.39. The van der Waals surface area contributed by atoms with Gasteiger partial charge in [-0.3, -0.25) is 0 Å². The lowest BCUT2D eigenvalue weighted by molar-refractivity contribution is -0.220. The van der Waals surface area contributed by atoms with Gasteiger partial charge in [0.05, 0.1) is 20.8 Å². The molecule has 0 bridgehead atoms. The number of benzene rings is 2. The highest BCUT2D eigenvalue weighted by atomic mass is 35.5. The average Bonchev–Trinajstić information content (AvgIpc) is 3.01. The summed E-state index contributed by atoms with van der Waals surface area (Å²) in [6, 6.07) is 13.9. The van der Waals surface area contributed by atoms with Crippen molar-refractivity contribution in [2.45, 2.75) is 31.6 Å². The van der Waals surface area contributed by atoms with E-state index in [4.69, 9.17) is 16.4 Å². The summed E-state index contributed by atoms with van der Waals surface area (Å²) in [7, 11) is -3.74. The number of hydrogen-bond donors (Lipinski definition) is 0. The summed E-state index contributed by atoms with van der Waals surface area (Å²) < 4.78 is 27.3. The third kappa shape index (κ3) is 3.73. The first-order valence-electron chi connectivity index (χ1n) is 9.66. The van der Waals surface area contributed by atoms with Crippen LogP contribution in [0.4, 0.5) is 0 Å². The Labute approximate surface area is 181 Å². The Kier molecular flexibility index (Phi) is 5.16. The molecule has 2 heterocycles. The molecule has 6 nitrogen and oxygen atoms in total. The van der Waals surface area contributed by atoms with Crippen molar-refractivity contribution in [2.24, 2.45) is 5.41 Å². The van der Waals surface area contributed by atoms with Gasteiger partial charge in [-0.1, -0.05) is 35.9 Å². The van der Waals surface area contributed by atoms with E-state index in [1.807, 2.05) is 32.9 Å². The fraction of sp³-hybridized carbons (Fsp3) is 0.318. The van der Waals surface area contributed by atoms with Gasteiger partial charge in [-0.15, -0.1) is 5.06 Å². The van der Waals surface area contributed by atoms with Gasteiger partial charge < -0.3 is 4.84 Å². The van der Waals surface area contributed by atoms with Gasteiger partial charge in [-0.2, -0.15) is 0 Å². The van der Waals surface area contributed by atoms with Crippen LogP contribution in [0.5, 0.6) is 0 Å². The van der Waals surface area contributed by atoms with E-state index in [1.165, 1.54) is 10.2 Å². The molecule has 0 unspecified atom stereocenters. The van der Waals surface area contributed by atoms with Crippen LogP contribution in [-0.2, 0) is 19.7 Å². The Morgan fingerprint density at radius 1 is 1.10 bits per heavy atom. The number of halogens is 1. The van der Waals surface area contributed by atoms with E-state index in [1.54, 1.807) is 41.5 Å². The fourth-order valence-electron chi connectivity index (χ4n) is 3.32. The lowest BCUT2D eigenvalue weighted by Crippen LogP contribution is -2.47. The van der Waals surface area contributed by atoms with Gasteiger partial charge in [-0.05, 0) is 50.6 Å². The molecule has 2 aromatic carbocycles. The van der Waals surface area contributed by atoms with Gasteiger partial charge in [0.25, 0.3) is 10.0 Å². The Morgan fingerprint density at radius 3 is 2.40 bits per heavy atom. The van der Waals surface area contributed by atoms with E-state index in [0.29, 0.717) is 29.0 Å². The van der Waals surface area contributed by atoms with Crippen molar-refractivity contribution in [1.82, 2.24) is 9.04 Å². The molecule has 1 aliphatic heterocycles. The normalized spacial score (nSPS) is 15.9. The van der Waals surface area contributed by atoms with Crippen molar-refractivity contribution in [3.05, 3.63) is 65.3 Å². The minimum atomic E-state index is -3.74. The second-order valence-corrected chi connectivity index (χ2v) is 10.8. The molecular weight excluding hydrogens is 424 g/mol. The summed E-state index contributed by atoms with van der Waals surface area (Å²) in [5.41, 5.74) is 1.01. The number of aromatic nitrogens is 1. The van der Waals surface area contributed by atoms with Crippen LogP contribution in [-0.4, -0.2) is 36.5 Å². The molecule has 1 aliphatic rings. The molecule has 0 amide bonds. The highest BCUT2D eigenvalue weighted by Crippen LogP contribution is 2.35. The lowest BCUT2D eigenvalue weighted by Gasteiger charge is -2.38. The van der Waals surface area contributed by atoms with Crippen LogP contribution in [0.15, 0.2) is 59.6 Å². The van der Waals surface area contributed by atoms with E-state index in [2.05, 4.69) is 0 Å². The summed E-state index contributed by atoms with van der Waals surface area (Å²) in [6.07, 6.45) is 1.44. The molecule has 0 N–H and O–H groups in total. The Hall–Kier alpha value is -2.35. The summed E-state index contributed by atoms with van der Waals surface area (Å²) in [4.78, 5) is 17.6. The molecule has 30 heavy (non-hydrogen) atoms. The largest absolute Gasteiger partial charge is 0.367 e. The van der Waals surface area contributed by atoms with E-state index in [9.17, 15) is 13.2 Å². The number of hydroxylamine groups is 2. The standard InChI is InChI=1S/C22H23ClN2O4S/c1-22(2,3)21(26)29-24-12-16(13-24)15-9-10-20-18(11-15)19(23)14-25(20)30(27,28)17-7-5-4-6-8-17/h4-11,14,16H,12-13H2,1-3H3. The summed E-state index contributed by atoms with van der Waals surface area (Å²) in [6.45, 7) is 6.63. The third-order valence-corrected chi connectivity index (χ3v) is 7.18. The lowest BCUT2D eigenvalue weighted by atomic mass is 9.92. The number of carbonyl (C=O) groups is 1. The molecule has 4 rings (SSSR count). The Morgan fingerprint density at radius 2 is 1.77 bits per heavy atom. The summed E-state index contributed by atoms with van der Waals surface area (Å²) in [5.74, 6) is -0.0741. The molecule has 8 heteroatoms. The van der Waals surface area contributed by atoms with Gasteiger partial charge in [0.15, 0.2) is 0 Å². The van der Waals surface area contributed by atoms with Crippen LogP contribution in [0.2, 0.25) is 5.02 Å². The Balaban J connectivity index is 1.57. The highest BCUT2D eigenvalue weighted by molar-refractivity contribution is 7.90. The quantitative estimate of drug-likeness (QED) is 0.592. The molecule has 3 aromatic rings. The topological polar surface area (TPSA) is 68.6 Å². The molecule has 1 aromatic heterocycles. The van der Waals surface area contributed by atoms with Gasteiger partial charge >= 0.3 is 5.97 Å². The van der Waals surface area contributed by atoms with Crippen molar-refractivity contribution in [1.29, 1.82) is 0 Å².